The Labute approximate surface area is 372 Å². The molecule has 0 amide bonds. The second-order valence-corrected chi connectivity index (χ2v) is 18.0. The predicted octanol–water partition coefficient (Wildman–Crippen LogP) is 16.7. The second-order valence-electron chi connectivity index (χ2n) is 16.9. The van der Waals surface area contributed by atoms with E-state index in [0.29, 0.717) is 0 Å². The molecular formula is C60H37N3S. The van der Waals surface area contributed by atoms with Gasteiger partial charge in [0.15, 0.2) is 0 Å². The molecule has 14 aromatic rings. The number of aromatic nitrogens is 3. The molecule has 0 aliphatic heterocycles. The number of para-hydroxylation sites is 5. The van der Waals surface area contributed by atoms with Crippen molar-refractivity contribution in [2.75, 3.05) is 0 Å². The van der Waals surface area contributed by atoms with Crippen molar-refractivity contribution in [3.8, 4) is 39.3 Å². The maximum absolute atomic E-state index is 2.43. The van der Waals surface area contributed by atoms with Gasteiger partial charge < -0.3 is 13.7 Å². The van der Waals surface area contributed by atoms with Crippen LogP contribution >= 0.6 is 11.3 Å². The molecule has 0 fully saturated rings. The first-order valence-electron chi connectivity index (χ1n) is 21.9. The molecule has 4 heteroatoms. The van der Waals surface area contributed by atoms with Crippen molar-refractivity contribution in [1.29, 1.82) is 0 Å². The van der Waals surface area contributed by atoms with E-state index < -0.39 is 0 Å². The average Bonchev–Trinajstić information content (AvgIpc) is 4.09. The highest BCUT2D eigenvalue weighted by atomic mass is 32.1. The minimum absolute atomic E-state index is 1.13. The van der Waals surface area contributed by atoms with E-state index in [2.05, 4.69) is 238 Å². The Balaban J connectivity index is 0.897. The zero-order valence-corrected chi connectivity index (χ0v) is 35.4. The molecule has 0 aliphatic carbocycles. The van der Waals surface area contributed by atoms with E-state index in [-0.39, 0.29) is 0 Å². The molecule has 298 valence electrons. The maximum atomic E-state index is 2.43. The molecule has 10 aromatic carbocycles. The van der Waals surface area contributed by atoms with Crippen molar-refractivity contribution in [2.45, 2.75) is 0 Å². The summed E-state index contributed by atoms with van der Waals surface area (Å²) in [6.45, 7) is 0. The Kier molecular flexibility index (Phi) is 7.56. The van der Waals surface area contributed by atoms with Crippen LogP contribution in [0.15, 0.2) is 224 Å². The van der Waals surface area contributed by atoms with Gasteiger partial charge >= 0.3 is 0 Å². The van der Waals surface area contributed by atoms with E-state index >= 15 is 0 Å². The van der Waals surface area contributed by atoms with Gasteiger partial charge in [-0.25, -0.2) is 0 Å². The molecule has 14 rings (SSSR count). The monoisotopic (exact) mass is 831 g/mol. The lowest BCUT2D eigenvalue weighted by atomic mass is 9.99. The molecule has 0 atom stereocenters. The molecule has 0 N–H and O–H groups in total. The molecule has 0 aliphatic rings. The van der Waals surface area contributed by atoms with Gasteiger partial charge in [0.05, 0.1) is 33.1 Å². The third-order valence-electron chi connectivity index (χ3n) is 13.4. The van der Waals surface area contributed by atoms with E-state index in [4.69, 9.17) is 0 Å². The highest BCUT2D eigenvalue weighted by Crippen LogP contribution is 2.42. The summed E-state index contributed by atoms with van der Waals surface area (Å²) in [7, 11) is 0. The van der Waals surface area contributed by atoms with E-state index in [9.17, 15) is 0 Å². The van der Waals surface area contributed by atoms with Crippen molar-refractivity contribution in [2.24, 2.45) is 0 Å². The van der Waals surface area contributed by atoms with Crippen LogP contribution in [0.3, 0.4) is 0 Å². The fraction of sp³-hybridized carbons (Fsp3) is 0. The van der Waals surface area contributed by atoms with Gasteiger partial charge in [-0.2, -0.15) is 0 Å². The van der Waals surface area contributed by atoms with Crippen molar-refractivity contribution in [1.82, 2.24) is 13.7 Å². The number of nitrogens with zero attached hydrogens (tertiary/aromatic N) is 3. The van der Waals surface area contributed by atoms with Gasteiger partial charge in [-0.3, -0.25) is 0 Å². The maximum Gasteiger partial charge on any atom is 0.0548 e. The van der Waals surface area contributed by atoms with E-state index in [1.54, 1.807) is 0 Å². The summed E-state index contributed by atoms with van der Waals surface area (Å²) in [6.07, 6.45) is 0. The smallest absolute Gasteiger partial charge is 0.0548 e. The Morgan fingerprint density at radius 2 is 0.594 bits per heavy atom. The fourth-order valence-corrected chi connectivity index (χ4v) is 11.7. The van der Waals surface area contributed by atoms with Gasteiger partial charge in [0, 0.05) is 69.6 Å². The van der Waals surface area contributed by atoms with Crippen LogP contribution < -0.4 is 0 Å². The first-order chi connectivity index (χ1) is 31.7. The van der Waals surface area contributed by atoms with Gasteiger partial charge in [-0.15, -0.1) is 11.3 Å². The van der Waals surface area contributed by atoms with E-state index in [1.165, 1.54) is 102 Å². The van der Waals surface area contributed by atoms with Crippen LogP contribution in [0.1, 0.15) is 0 Å². The van der Waals surface area contributed by atoms with Crippen molar-refractivity contribution >= 4 is 96.9 Å². The van der Waals surface area contributed by atoms with Gasteiger partial charge in [0.25, 0.3) is 0 Å². The molecule has 4 aromatic heterocycles. The topological polar surface area (TPSA) is 14.8 Å². The Morgan fingerprint density at radius 3 is 1.08 bits per heavy atom. The van der Waals surface area contributed by atoms with E-state index in [1.807, 2.05) is 11.3 Å². The first kappa shape index (κ1) is 35.4. The van der Waals surface area contributed by atoms with Crippen LogP contribution in [0, 0.1) is 0 Å². The number of fused-ring (bicyclic) bond motifs is 12. The van der Waals surface area contributed by atoms with E-state index in [0.717, 1.165) is 22.6 Å². The lowest BCUT2D eigenvalue weighted by Crippen LogP contribution is -2.00. The largest absolute Gasteiger partial charge is 0.309 e. The minimum atomic E-state index is 1.13. The van der Waals surface area contributed by atoms with Gasteiger partial charge in [-0.05, 0) is 101 Å². The molecule has 0 saturated heterocycles. The van der Waals surface area contributed by atoms with Crippen LogP contribution in [0.2, 0.25) is 0 Å². The zero-order valence-electron chi connectivity index (χ0n) is 34.6. The molecule has 0 bridgehead atoms. The van der Waals surface area contributed by atoms with Crippen molar-refractivity contribution in [3.05, 3.63) is 224 Å². The Morgan fingerprint density at radius 1 is 0.219 bits per heavy atom. The molecule has 4 heterocycles. The lowest BCUT2D eigenvalue weighted by Gasteiger charge is -2.16. The fourth-order valence-electron chi connectivity index (χ4n) is 10.5. The molecule has 0 saturated carbocycles. The summed E-state index contributed by atoms with van der Waals surface area (Å²) in [5.74, 6) is 0. The number of thiophene rings is 1. The molecular weight excluding hydrogens is 795 g/mol. The quantitative estimate of drug-likeness (QED) is 0.164. The van der Waals surface area contributed by atoms with Crippen LogP contribution in [-0.4, -0.2) is 13.7 Å². The number of benzene rings is 10. The highest BCUT2D eigenvalue weighted by molar-refractivity contribution is 7.25. The molecule has 0 spiro atoms. The zero-order chi connectivity index (χ0) is 41.9. The molecule has 0 unspecified atom stereocenters. The normalized spacial score (nSPS) is 12.1. The third-order valence-corrected chi connectivity index (χ3v) is 14.6. The number of hydrogen-bond donors (Lipinski definition) is 0. The lowest BCUT2D eigenvalue weighted by molar-refractivity contribution is 1.13. The first-order valence-corrected chi connectivity index (χ1v) is 22.7. The van der Waals surface area contributed by atoms with Crippen LogP contribution in [0.4, 0.5) is 0 Å². The average molecular weight is 832 g/mol. The highest BCUT2D eigenvalue weighted by Gasteiger charge is 2.19. The molecule has 3 nitrogen and oxygen atoms in total. The standard InChI is InChI=1S/C60H37N3S/c1-7-19-53-45(13-1)46-14-2-8-20-54(46)62(53)43-33-41(34-44(35-43)63-55-21-9-3-15-47(55)48-16-4-10-22-56(48)63)40-27-25-38(26-28-40)39-29-31-42(32-30-39)61-57-23-11-5-17-49(57)51-37-60-52(36-58(51)61)50-18-6-12-24-59(50)64-60/h1-37H. The van der Waals surface area contributed by atoms with Crippen LogP contribution in [-0.2, 0) is 0 Å². The SMILES string of the molecule is c1ccc2c(c1)sc1cc3c4ccccc4n(-c4ccc(-c5ccc(-c6cc(-n7c8ccccc8c8ccccc87)cc(-n7c8ccccc8c8ccccc87)c6)cc5)cc4)c3cc12. The minimum Gasteiger partial charge on any atom is -0.309 e. The van der Waals surface area contributed by atoms with Gasteiger partial charge in [0.2, 0.25) is 0 Å². The van der Waals surface area contributed by atoms with Crippen molar-refractivity contribution in [3.63, 3.8) is 0 Å². The summed E-state index contributed by atoms with van der Waals surface area (Å²) >= 11 is 1.88. The van der Waals surface area contributed by atoms with Crippen LogP contribution in [0.5, 0.6) is 0 Å². The summed E-state index contributed by atoms with van der Waals surface area (Å²) in [5.41, 5.74) is 15.4. The summed E-state index contributed by atoms with van der Waals surface area (Å²) in [5, 5.41) is 10.2. The van der Waals surface area contributed by atoms with Crippen molar-refractivity contribution < 1.29 is 0 Å². The summed E-state index contributed by atoms with van der Waals surface area (Å²) < 4.78 is 9.96. The van der Waals surface area contributed by atoms with Crippen LogP contribution in [0.25, 0.3) is 125 Å². The Bertz CT molecular complexity index is 3940. The van der Waals surface area contributed by atoms with Gasteiger partial charge in [0.1, 0.15) is 0 Å². The van der Waals surface area contributed by atoms with Gasteiger partial charge in [-0.1, -0.05) is 146 Å². The Hall–Kier alpha value is -8.18. The summed E-state index contributed by atoms with van der Waals surface area (Å²) in [4.78, 5) is 0. The summed E-state index contributed by atoms with van der Waals surface area (Å²) in [6, 6.07) is 82.7. The number of hydrogen-bond acceptors (Lipinski definition) is 1. The second kappa shape index (κ2) is 13.7. The third kappa shape index (κ3) is 5.21. The predicted molar refractivity (Wildman–Crippen MR) is 273 cm³/mol. The number of rotatable bonds is 5. The molecule has 0 radical (unpaired) electrons. The molecule has 64 heavy (non-hydrogen) atoms.